The highest BCUT2D eigenvalue weighted by molar-refractivity contribution is 7.88. The molecule has 0 atom stereocenters. The van der Waals surface area contributed by atoms with Crippen LogP contribution in [0.25, 0.3) is 0 Å². The summed E-state index contributed by atoms with van der Waals surface area (Å²) >= 11 is 0. The van der Waals surface area contributed by atoms with Crippen LogP contribution < -0.4 is 15.4 Å². The van der Waals surface area contributed by atoms with Gasteiger partial charge in [0.25, 0.3) is 0 Å². The zero-order chi connectivity index (χ0) is 10.6. The smallest absolute Gasteiger partial charge is 0.315 e. The van der Waals surface area contributed by atoms with Gasteiger partial charge in [0.05, 0.1) is 6.26 Å². The van der Waals surface area contributed by atoms with E-state index in [9.17, 15) is 13.2 Å². The molecule has 0 bridgehead atoms. The van der Waals surface area contributed by atoms with Crippen LogP contribution >= 0.6 is 0 Å². The van der Waals surface area contributed by atoms with Crippen LogP contribution in [-0.2, 0) is 10.0 Å². The molecule has 82 valence electrons. The molecule has 0 saturated heterocycles. The number of sulfonamides is 1. The van der Waals surface area contributed by atoms with Crippen LogP contribution in [0.4, 0.5) is 4.79 Å². The van der Waals surface area contributed by atoms with Crippen LogP contribution in [-0.4, -0.2) is 39.8 Å². The number of carbonyl (C=O) groups is 1. The molecule has 14 heavy (non-hydrogen) atoms. The first-order valence-corrected chi connectivity index (χ1v) is 6.35. The Morgan fingerprint density at radius 3 is 2.50 bits per heavy atom. The van der Waals surface area contributed by atoms with Gasteiger partial charge in [-0.2, -0.15) is 0 Å². The molecule has 1 rings (SSSR count). The van der Waals surface area contributed by atoms with E-state index in [4.69, 9.17) is 0 Å². The maximum Gasteiger partial charge on any atom is 0.315 e. The number of hydrogen-bond acceptors (Lipinski definition) is 3. The maximum absolute atomic E-state index is 11.0. The van der Waals surface area contributed by atoms with Crippen molar-refractivity contribution in [3.05, 3.63) is 0 Å². The summed E-state index contributed by atoms with van der Waals surface area (Å²) in [6.45, 7) is 0.516. The largest absolute Gasteiger partial charge is 0.337 e. The van der Waals surface area contributed by atoms with E-state index in [2.05, 4.69) is 15.4 Å². The van der Waals surface area contributed by atoms with Crippen LogP contribution in [0, 0.1) is 0 Å². The number of carbonyl (C=O) groups excluding carboxylic acids is 1. The molecule has 0 aromatic carbocycles. The third-order valence-corrected chi connectivity index (χ3v) is 2.42. The number of hydrogen-bond donors (Lipinski definition) is 3. The fourth-order valence-corrected chi connectivity index (χ4v) is 1.35. The van der Waals surface area contributed by atoms with Crippen LogP contribution in [0.2, 0.25) is 0 Å². The monoisotopic (exact) mass is 221 g/mol. The van der Waals surface area contributed by atoms with Crippen molar-refractivity contribution < 1.29 is 13.2 Å². The lowest BCUT2D eigenvalue weighted by Crippen LogP contribution is -2.40. The van der Waals surface area contributed by atoms with Gasteiger partial charge in [-0.1, -0.05) is 0 Å². The van der Waals surface area contributed by atoms with E-state index in [1.165, 1.54) is 0 Å². The van der Waals surface area contributed by atoms with Crippen molar-refractivity contribution in [2.75, 3.05) is 19.3 Å². The van der Waals surface area contributed by atoms with E-state index in [1.807, 2.05) is 0 Å². The van der Waals surface area contributed by atoms with Crippen molar-refractivity contribution in [2.45, 2.75) is 18.9 Å². The standard InChI is InChI=1S/C7H15N3O3S/c1-14(12,13)9-5-4-8-7(11)10-6-2-3-6/h6,9H,2-5H2,1H3,(H2,8,10,11). The normalized spacial score (nSPS) is 16.4. The minimum Gasteiger partial charge on any atom is -0.337 e. The molecule has 0 radical (unpaired) electrons. The number of urea groups is 1. The second kappa shape index (κ2) is 4.61. The van der Waals surface area contributed by atoms with Crippen LogP contribution in [0.3, 0.4) is 0 Å². The first-order valence-electron chi connectivity index (χ1n) is 4.46. The molecular weight excluding hydrogens is 206 g/mol. The van der Waals surface area contributed by atoms with E-state index < -0.39 is 10.0 Å². The molecule has 1 fully saturated rings. The summed E-state index contributed by atoms with van der Waals surface area (Å²) in [5, 5.41) is 5.27. The Balaban J connectivity index is 2.00. The summed E-state index contributed by atoms with van der Waals surface area (Å²) in [5.74, 6) is 0. The summed E-state index contributed by atoms with van der Waals surface area (Å²) in [5.41, 5.74) is 0. The Morgan fingerprint density at radius 1 is 1.36 bits per heavy atom. The third kappa shape index (κ3) is 5.76. The van der Waals surface area contributed by atoms with Crippen molar-refractivity contribution >= 4 is 16.1 Å². The summed E-state index contributed by atoms with van der Waals surface area (Å²) in [6, 6.07) is 0.0840. The van der Waals surface area contributed by atoms with Gasteiger partial charge in [-0.3, -0.25) is 0 Å². The van der Waals surface area contributed by atoms with Gasteiger partial charge in [0.1, 0.15) is 0 Å². The van der Waals surface area contributed by atoms with Gasteiger partial charge in [-0.05, 0) is 12.8 Å². The van der Waals surface area contributed by atoms with Crippen LogP contribution in [0.5, 0.6) is 0 Å². The lowest BCUT2D eigenvalue weighted by molar-refractivity contribution is 0.240. The zero-order valence-electron chi connectivity index (χ0n) is 8.04. The second-order valence-electron chi connectivity index (χ2n) is 3.34. The predicted molar refractivity (Wildman–Crippen MR) is 52.4 cm³/mol. The van der Waals surface area contributed by atoms with Crippen molar-refractivity contribution in [3.63, 3.8) is 0 Å². The predicted octanol–water partition coefficient (Wildman–Crippen LogP) is -1.00. The highest BCUT2D eigenvalue weighted by Crippen LogP contribution is 2.17. The first kappa shape index (κ1) is 11.3. The fraction of sp³-hybridized carbons (Fsp3) is 0.857. The summed E-state index contributed by atoms with van der Waals surface area (Å²) in [6.07, 6.45) is 3.15. The number of nitrogens with one attached hydrogen (secondary N) is 3. The molecule has 7 heteroatoms. The maximum atomic E-state index is 11.0. The van der Waals surface area contributed by atoms with Crippen molar-refractivity contribution in [1.29, 1.82) is 0 Å². The fourth-order valence-electron chi connectivity index (χ4n) is 0.877. The van der Waals surface area contributed by atoms with Crippen LogP contribution in [0.15, 0.2) is 0 Å². The van der Waals surface area contributed by atoms with E-state index >= 15 is 0 Å². The Kier molecular flexibility index (Phi) is 3.70. The molecule has 6 nitrogen and oxygen atoms in total. The lowest BCUT2D eigenvalue weighted by Gasteiger charge is -2.06. The molecule has 0 spiro atoms. The Labute approximate surface area is 83.5 Å². The third-order valence-electron chi connectivity index (χ3n) is 1.69. The van der Waals surface area contributed by atoms with E-state index in [0.29, 0.717) is 12.6 Å². The quantitative estimate of drug-likeness (QED) is 0.520. The number of rotatable bonds is 5. The van der Waals surface area contributed by atoms with Gasteiger partial charge < -0.3 is 10.6 Å². The van der Waals surface area contributed by atoms with Gasteiger partial charge in [0.2, 0.25) is 10.0 Å². The lowest BCUT2D eigenvalue weighted by atomic mass is 10.6. The zero-order valence-corrected chi connectivity index (χ0v) is 8.86. The Bertz CT molecular complexity index is 297. The first-order chi connectivity index (χ1) is 6.47. The highest BCUT2D eigenvalue weighted by Gasteiger charge is 2.22. The summed E-state index contributed by atoms with van der Waals surface area (Å²) in [4.78, 5) is 11.0. The van der Waals surface area contributed by atoms with Gasteiger partial charge in [0.15, 0.2) is 0 Å². The van der Waals surface area contributed by atoms with Gasteiger partial charge in [0, 0.05) is 19.1 Å². The summed E-state index contributed by atoms with van der Waals surface area (Å²) in [7, 11) is -3.15. The SMILES string of the molecule is CS(=O)(=O)NCCNC(=O)NC1CC1. The van der Waals surface area contributed by atoms with Crippen molar-refractivity contribution in [3.8, 4) is 0 Å². The topological polar surface area (TPSA) is 87.3 Å². The molecule has 0 aliphatic heterocycles. The summed E-state index contributed by atoms with van der Waals surface area (Å²) < 4.78 is 23.5. The van der Waals surface area contributed by atoms with Crippen molar-refractivity contribution in [2.24, 2.45) is 0 Å². The molecule has 2 amide bonds. The second-order valence-corrected chi connectivity index (χ2v) is 5.17. The minimum atomic E-state index is -3.15. The van der Waals surface area contributed by atoms with E-state index in [1.54, 1.807) is 0 Å². The molecule has 3 N–H and O–H groups in total. The molecular formula is C7H15N3O3S. The van der Waals surface area contributed by atoms with Crippen LogP contribution in [0.1, 0.15) is 12.8 Å². The van der Waals surface area contributed by atoms with Crippen molar-refractivity contribution in [1.82, 2.24) is 15.4 Å². The van der Waals surface area contributed by atoms with E-state index in [0.717, 1.165) is 19.1 Å². The van der Waals surface area contributed by atoms with Gasteiger partial charge >= 0.3 is 6.03 Å². The van der Waals surface area contributed by atoms with Gasteiger partial charge in [-0.25, -0.2) is 17.9 Å². The average Bonchev–Trinajstić information content (AvgIpc) is 2.80. The molecule has 0 aromatic heterocycles. The molecule has 1 aliphatic carbocycles. The Hall–Kier alpha value is -0.820. The minimum absolute atomic E-state index is 0.219. The molecule has 0 aromatic rings. The average molecular weight is 221 g/mol. The molecule has 0 heterocycles. The Morgan fingerprint density at radius 2 is 2.00 bits per heavy atom. The highest BCUT2D eigenvalue weighted by atomic mass is 32.2. The molecule has 0 unspecified atom stereocenters. The molecule has 1 saturated carbocycles. The number of amides is 2. The van der Waals surface area contributed by atoms with Gasteiger partial charge in [-0.15, -0.1) is 0 Å². The van der Waals surface area contributed by atoms with E-state index in [-0.39, 0.29) is 12.6 Å². The molecule has 1 aliphatic rings.